The normalized spacial score (nSPS) is 14.8. The molecular formula is C20H23N5O2S. The van der Waals surface area contributed by atoms with Crippen LogP contribution in [0.3, 0.4) is 0 Å². The fourth-order valence-electron chi connectivity index (χ4n) is 3.23. The van der Waals surface area contributed by atoms with Crippen LogP contribution < -0.4 is 5.32 Å². The number of hydrogen-bond acceptors (Lipinski definition) is 6. The van der Waals surface area contributed by atoms with Crippen LogP contribution in [0.4, 0.5) is 5.82 Å². The quantitative estimate of drug-likeness (QED) is 0.595. The van der Waals surface area contributed by atoms with Crippen molar-refractivity contribution in [2.24, 2.45) is 5.92 Å². The summed E-state index contributed by atoms with van der Waals surface area (Å²) in [6.45, 7) is 5.96. The standard InChI is InChI=1S/C20H23N5O2S/c1-12-17(14(3)27-24-12)11-28-20-16(5-4-9-21-20)19(26)23-18-8-10-22-25(18)13(2)15-6-7-15/h4-5,8-10,13,15H,6-7,11H2,1-3H3,(H,23,26)/t13-/m1/s1. The third kappa shape index (κ3) is 3.82. The van der Waals surface area contributed by atoms with Crippen LogP contribution in [0.2, 0.25) is 0 Å². The SMILES string of the molecule is Cc1noc(C)c1CSc1ncccc1C(=O)Nc1ccnn1[C@H](C)C1CC1. The molecule has 7 nitrogen and oxygen atoms in total. The zero-order chi connectivity index (χ0) is 19.7. The lowest BCUT2D eigenvalue weighted by Gasteiger charge is -2.16. The number of pyridine rings is 1. The minimum absolute atomic E-state index is 0.181. The summed E-state index contributed by atoms with van der Waals surface area (Å²) in [5, 5.41) is 12.1. The summed E-state index contributed by atoms with van der Waals surface area (Å²) < 4.78 is 7.12. The van der Waals surface area contributed by atoms with Crippen LogP contribution >= 0.6 is 11.8 Å². The molecule has 3 heterocycles. The number of aromatic nitrogens is 4. The molecule has 1 N–H and O–H groups in total. The average molecular weight is 398 g/mol. The molecular weight excluding hydrogens is 374 g/mol. The first-order valence-corrected chi connectivity index (χ1v) is 10.4. The van der Waals surface area contributed by atoms with E-state index in [0.29, 0.717) is 22.3 Å². The maximum atomic E-state index is 13.0. The maximum absolute atomic E-state index is 13.0. The Kier molecular flexibility index (Phi) is 5.21. The lowest BCUT2D eigenvalue weighted by Crippen LogP contribution is -2.19. The summed E-state index contributed by atoms with van der Waals surface area (Å²) in [5.41, 5.74) is 2.45. The number of thioether (sulfide) groups is 1. The Labute approximate surface area is 167 Å². The van der Waals surface area contributed by atoms with Gasteiger partial charge in [-0.1, -0.05) is 5.16 Å². The molecule has 1 aliphatic carbocycles. The highest BCUT2D eigenvalue weighted by atomic mass is 32.2. The number of anilines is 1. The molecule has 1 saturated carbocycles. The van der Waals surface area contributed by atoms with Crippen LogP contribution in [0.1, 0.15) is 53.2 Å². The molecule has 0 saturated heterocycles. The van der Waals surface area contributed by atoms with Crippen molar-refractivity contribution in [1.82, 2.24) is 19.9 Å². The largest absolute Gasteiger partial charge is 0.361 e. The first-order chi connectivity index (χ1) is 13.5. The number of carbonyl (C=O) groups excluding carboxylic acids is 1. The molecule has 0 bridgehead atoms. The summed E-state index contributed by atoms with van der Waals surface area (Å²) in [7, 11) is 0. The minimum Gasteiger partial charge on any atom is -0.361 e. The van der Waals surface area contributed by atoms with Crippen molar-refractivity contribution < 1.29 is 9.32 Å². The number of rotatable bonds is 7. The van der Waals surface area contributed by atoms with Gasteiger partial charge in [-0.15, -0.1) is 11.8 Å². The van der Waals surface area contributed by atoms with Crippen molar-refractivity contribution in [3.8, 4) is 0 Å². The molecule has 1 amide bonds. The highest BCUT2D eigenvalue weighted by molar-refractivity contribution is 7.98. The number of amides is 1. The number of nitrogens with zero attached hydrogens (tertiary/aromatic N) is 4. The number of hydrogen-bond donors (Lipinski definition) is 1. The fraction of sp³-hybridized carbons (Fsp3) is 0.400. The van der Waals surface area contributed by atoms with Crippen LogP contribution in [0.25, 0.3) is 0 Å². The molecule has 0 aromatic carbocycles. The predicted molar refractivity (Wildman–Crippen MR) is 107 cm³/mol. The second kappa shape index (κ2) is 7.79. The van der Waals surface area contributed by atoms with Crippen LogP contribution in [-0.2, 0) is 5.75 Å². The van der Waals surface area contributed by atoms with Gasteiger partial charge in [-0.25, -0.2) is 9.67 Å². The Hall–Kier alpha value is -2.61. The van der Waals surface area contributed by atoms with Gasteiger partial charge in [0.1, 0.15) is 16.6 Å². The molecule has 4 rings (SSSR count). The van der Waals surface area contributed by atoms with E-state index in [4.69, 9.17) is 4.52 Å². The van der Waals surface area contributed by atoms with E-state index in [1.165, 1.54) is 24.6 Å². The van der Waals surface area contributed by atoms with E-state index in [1.807, 2.05) is 24.6 Å². The lowest BCUT2D eigenvalue weighted by atomic mass is 10.2. The van der Waals surface area contributed by atoms with Gasteiger partial charge in [-0.05, 0) is 51.7 Å². The molecule has 3 aromatic rings. The Morgan fingerprint density at radius 1 is 1.36 bits per heavy atom. The maximum Gasteiger partial charge on any atom is 0.259 e. The Morgan fingerprint density at radius 2 is 2.18 bits per heavy atom. The van der Waals surface area contributed by atoms with E-state index >= 15 is 0 Å². The van der Waals surface area contributed by atoms with Gasteiger partial charge in [0.2, 0.25) is 0 Å². The molecule has 0 aliphatic heterocycles. The molecule has 3 aromatic heterocycles. The topological polar surface area (TPSA) is 85.8 Å². The molecule has 146 valence electrons. The number of aryl methyl sites for hydroxylation is 2. The Morgan fingerprint density at radius 3 is 2.89 bits per heavy atom. The smallest absolute Gasteiger partial charge is 0.259 e. The van der Waals surface area contributed by atoms with Gasteiger partial charge >= 0.3 is 0 Å². The van der Waals surface area contributed by atoms with Crippen molar-refractivity contribution in [3.63, 3.8) is 0 Å². The molecule has 8 heteroatoms. The van der Waals surface area contributed by atoms with Crippen molar-refractivity contribution in [1.29, 1.82) is 0 Å². The summed E-state index contributed by atoms with van der Waals surface area (Å²) >= 11 is 1.51. The van der Waals surface area contributed by atoms with E-state index in [1.54, 1.807) is 24.5 Å². The average Bonchev–Trinajstić information content (AvgIpc) is 3.37. The van der Waals surface area contributed by atoms with Gasteiger partial charge in [-0.2, -0.15) is 5.10 Å². The van der Waals surface area contributed by atoms with E-state index in [2.05, 4.69) is 27.5 Å². The molecule has 1 aliphatic rings. The first kappa shape index (κ1) is 18.7. The highest BCUT2D eigenvalue weighted by Gasteiger charge is 2.31. The molecule has 1 atom stereocenters. The lowest BCUT2D eigenvalue weighted by molar-refractivity contribution is 0.102. The zero-order valence-electron chi connectivity index (χ0n) is 16.2. The molecule has 1 fully saturated rings. The van der Waals surface area contributed by atoms with Gasteiger partial charge < -0.3 is 9.84 Å². The third-order valence-electron chi connectivity index (χ3n) is 5.15. The van der Waals surface area contributed by atoms with Crippen molar-refractivity contribution in [2.75, 3.05) is 5.32 Å². The Bertz CT molecular complexity index is 973. The monoisotopic (exact) mass is 397 g/mol. The van der Waals surface area contributed by atoms with Gasteiger partial charge in [-0.3, -0.25) is 4.79 Å². The van der Waals surface area contributed by atoms with E-state index in [0.717, 1.165) is 22.8 Å². The van der Waals surface area contributed by atoms with Crippen molar-refractivity contribution >= 4 is 23.5 Å². The number of nitrogens with one attached hydrogen (secondary N) is 1. The van der Waals surface area contributed by atoms with E-state index in [-0.39, 0.29) is 11.9 Å². The van der Waals surface area contributed by atoms with Crippen molar-refractivity contribution in [3.05, 3.63) is 53.2 Å². The zero-order valence-corrected chi connectivity index (χ0v) is 17.0. The van der Waals surface area contributed by atoms with Crippen LogP contribution in [-0.4, -0.2) is 25.8 Å². The van der Waals surface area contributed by atoms with Crippen LogP contribution in [0.5, 0.6) is 0 Å². The van der Waals surface area contributed by atoms with Gasteiger partial charge in [0, 0.05) is 23.6 Å². The van der Waals surface area contributed by atoms with E-state index in [9.17, 15) is 4.79 Å². The molecule has 0 radical (unpaired) electrons. The molecule has 0 spiro atoms. The first-order valence-electron chi connectivity index (χ1n) is 9.39. The summed E-state index contributed by atoms with van der Waals surface area (Å²) in [4.78, 5) is 17.4. The minimum atomic E-state index is -0.181. The van der Waals surface area contributed by atoms with E-state index < -0.39 is 0 Å². The van der Waals surface area contributed by atoms with Gasteiger partial charge in [0.25, 0.3) is 5.91 Å². The van der Waals surface area contributed by atoms with Crippen LogP contribution in [0.15, 0.2) is 40.1 Å². The summed E-state index contributed by atoms with van der Waals surface area (Å²) in [6.07, 6.45) is 5.87. The fourth-order valence-corrected chi connectivity index (χ4v) is 4.37. The van der Waals surface area contributed by atoms with Crippen molar-refractivity contribution in [2.45, 2.75) is 50.4 Å². The summed E-state index contributed by atoms with van der Waals surface area (Å²) in [5.74, 6) is 2.63. The highest BCUT2D eigenvalue weighted by Crippen LogP contribution is 2.40. The van der Waals surface area contributed by atoms with Gasteiger partial charge in [0.15, 0.2) is 0 Å². The van der Waals surface area contributed by atoms with Gasteiger partial charge in [0.05, 0.1) is 23.5 Å². The Balaban J connectivity index is 1.50. The summed E-state index contributed by atoms with van der Waals surface area (Å²) in [6, 6.07) is 5.69. The number of carbonyl (C=O) groups is 1. The second-order valence-electron chi connectivity index (χ2n) is 7.14. The predicted octanol–water partition coefficient (Wildman–Crippen LogP) is 4.40. The molecule has 0 unspecified atom stereocenters. The molecule has 28 heavy (non-hydrogen) atoms. The second-order valence-corrected chi connectivity index (χ2v) is 8.10. The van der Waals surface area contributed by atoms with Crippen LogP contribution in [0, 0.1) is 19.8 Å². The third-order valence-corrected chi connectivity index (χ3v) is 6.18.